The molecule has 2 N–H and O–H groups in total. The van der Waals surface area contributed by atoms with Gasteiger partial charge < -0.3 is 5.73 Å². The van der Waals surface area contributed by atoms with E-state index in [1.807, 2.05) is 24.4 Å². The van der Waals surface area contributed by atoms with Crippen molar-refractivity contribution in [3.8, 4) is 0 Å². The Hall–Kier alpha value is -1.62. The first-order chi connectivity index (χ1) is 10.2. The Labute approximate surface area is 127 Å². The first-order valence-corrected chi connectivity index (χ1v) is 8.82. The third-order valence-corrected chi connectivity index (χ3v) is 5.39. The summed E-state index contributed by atoms with van der Waals surface area (Å²) in [5, 5.41) is 4.62. The Bertz CT molecular complexity index is 615. The van der Waals surface area contributed by atoms with Crippen LogP contribution in [0.1, 0.15) is 43.8 Å². The van der Waals surface area contributed by atoms with Gasteiger partial charge in [0.05, 0.1) is 28.3 Å². The lowest BCUT2D eigenvalue weighted by Gasteiger charge is -2.21. The van der Waals surface area contributed by atoms with E-state index in [2.05, 4.69) is 9.78 Å². The number of benzene rings is 1. The van der Waals surface area contributed by atoms with Crippen LogP contribution in [-0.2, 0) is 16.6 Å². The van der Waals surface area contributed by atoms with Crippen LogP contribution in [0.2, 0.25) is 0 Å². The SMILES string of the molecule is Nc1ccc(S(=O)Cc2ccn(C3CCCCC3)n2)cc1. The molecule has 0 amide bonds. The molecule has 4 nitrogen and oxygen atoms in total. The zero-order valence-electron chi connectivity index (χ0n) is 12.1. The zero-order valence-corrected chi connectivity index (χ0v) is 12.9. The lowest BCUT2D eigenvalue weighted by atomic mass is 9.96. The number of anilines is 1. The first kappa shape index (κ1) is 14.3. The monoisotopic (exact) mass is 303 g/mol. The normalized spacial score (nSPS) is 17.7. The van der Waals surface area contributed by atoms with E-state index in [-0.39, 0.29) is 0 Å². The van der Waals surface area contributed by atoms with Gasteiger partial charge in [-0.3, -0.25) is 8.89 Å². The van der Waals surface area contributed by atoms with Gasteiger partial charge in [0.2, 0.25) is 0 Å². The van der Waals surface area contributed by atoms with Gasteiger partial charge in [-0.05, 0) is 43.2 Å². The van der Waals surface area contributed by atoms with Crippen LogP contribution in [0.15, 0.2) is 41.4 Å². The van der Waals surface area contributed by atoms with Crippen LogP contribution < -0.4 is 5.73 Å². The van der Waals surface area contributed by atoms with Crippen molar-refractivity contribution in [1.29, 1.82) is 0 Å². The van der Waals surface area contributed by atoms with Crippen LogP contribution in [0.3, 0.4) is 0 Å². The van der Waals surface area contributed by atoms with Crippen LogP contribution >= 0.6 is 0 Å². The maximum absolute atomic E-state index is 12.3. The van der Waals surface area contributed by atoms with Crippen LogP contribution in [0, 0.1) is 0 Å². The fraction of sp³-hybridized carbons (Fsp3) is 0.438. The van der Waals surface area contributed by atoms with Crippen LogP contribution in [-0.4, -0.2) is 14.0 Å². The molecule has 1 unspecified atom stereocenters. The van der Waals surface area contributed by atoms with Gasteiger partial charge >= 0.3 is 0 Å². The summed E-state index contributed by atoms with van der Waals surface area (Å²) < 4.78 is 14.4. The fourth-order valence-electron chi connectivity index (χ4n) is 2.84. The van der Waals surface area contributed by atoms with Gasteiger partial charge in [0.1, 0.15) is 0 Å². The Morgan fingerprint density at radius 3 is 2.57 bits per heavy atom. The molecule has 1 fully saturated rings. The van der Waals surface area contributed by atoms with Gasteiger partial charge in [0.25, 0.3) is 0 Å². The number of nitrogen functional groups attached to an aromatic ring is 1. The number of aromatic nitrogens is 2. The topological polar surface area (TPSA) is 60.9 Å². The molecule has 2 aromatic rings. The Morgan fingerprint density at radius 1 is 1.14 bits per heavy atom. The van der Waals surface area contributed by atoms with E-state index in [0.29, 0.717) is 17.5 Å². The standard InChI is InChI=1S/C16H21N3OS/c17-13-6-8-16(9-7-13)21(20)12-14-10-11-19(18-14)15-4-2-1-3-5-15/h6-11,15H,1-5,12,17H2. The second-order valence-electron chi connectivity index (χ2n) is 5.64. The van der Waals surface area contributed by atoms with Crippen molar-refractivity contribution < 1.29 is 4.21 Å². The van der Waals surface area contributed by atoms with Gasteiger partial charge in [-0.15, -0.1) is 0 Å². The molecule has 1 aromatic heterocycles. The van der Waals surface area contributed by atoms with Gasteiger partial charge in [-0.25, -0.2) is 0 Å². The Morgan fingerprint density at radius 2 is 1.86 bits per heavy atom. The van der Waals surface area contributed by atoms with Gasteiger partial charge in [0, 0.05) is 16.8 Å². The molecular weight excluding hydrogens is 282 g/mol. The summed E-state index contributed by atoms with van der Waals surface area (Å²) >= 11 is 0. The van der Waals surface area contributed by atoms with Crippen LogP contribution in [0.5, 0.6) is 0 Å². The van der Waals surface area contributed by atoms with Crippen LogP contribution in [0.4, 0.5) is 5.69 Å². The number of hydrogen-bond donors (Lipinski definition) is 1. The molecule has 5 heteroatoms. The molecule has 1 aliphatic rings. The molecule has 1 atom stereocenters. The van der Waals surface area contributed by atoms with Crippen molar-refractivity contribution >= 4 is 16.5 Å². The zero-order chi connectivity index (χ0) is 14.7. The van der Waals surface area contributed by atoms with Crippen molar-refractivity contribution in [2.45, 2.75) is 48.8 Å². The lowest BCUT2D eigenvalue weighted by molar-refractivity contribution is 0.328. The minimum atomic E-state index is -1.07. The molecule has 0 radical (unpaired) electrons. The van der Waals surface area contributed by atoms with Crippen LogP contribution in [0.25, 0.3) is 0 Å². The molecular formula is C16H21N3OS. The summed E-state index contributed by atoms with van der Waals surface area (Å²) in [6, 6.07) is 9.73. The van der Waals surface area contributed by atoms with E-state index >= 15 is 0 Å². The highest BCUT2D eigenvalue weighted by Crippen LogP contribution is 2.27. The van der Waals surface area contributed by atoms with E-state index in [9.17, 15) is 4.21 Å². The number of nitrogens with two attached hydrogens (primary N) is 1. The van der Waals surface area contributed by atoms with Gasteiger partial charge in [-0.2, -0.15) is 5.10 Å². The Kier molecular flexibility index (Phi) is 4.39. The number of rotatable bonds is 4. The van der Waals surface area contributed by atoms with Crippen molar-refractivity contribution in [3.63, 3.8) is 0 Å². The molecule has 0 saturated heterocycles. The van der Waals surface area contributed by atoms with E-state index in [1.165, 1.54) is 32.1 Å². The summed E-state index contributed by atoms with van der Waals surface area (Å²) in [4.78, 5) is 0.802. The summed E-state index contributed by atoms with van der Waals surface area (Å²) in [6.07, 6.45) is 8.37. The van der Waals surface area contributed by atoms with E-state index in [4.69, 9.17) is 5.73 Å². The number of hydrogen-bond acceptors (Lipinski definition) is 3. The molecule has 0 aliphatic heterocycles. The van der Waals surface area contributed by atoms with Gasteiger partial charge in [-0.1, -0.05) is 19.3 Å². The minimum absolute atomic E-state index is 0.462. The van der Waals surface area contributed by atoms with E-state index < -0.39 is 10.8 Å². The van der Waals surface area contributed by atoms with E-state index in [0.717, 1.165) is 10.6 Å². The first-order valence-electron chi connectivity index (χ1n) is 7.50. The summed E-state index contributed by atoms with van der Waals surface area (Å²) in [6.45, 7) is 0. The molecule has 0 bridgehead atoms. The molecule has 112 valence electrons. The molecule has 1 heterocycles. The third-order valence-electron chi connectivity index (χ3n) is 4.03. The predicted molar refractivity (Wildman–Crippen MR) is 85.3 cm³/mol. The van der Waals surface area contributed by atoms with Crippen molar-refractivity contribution in [1.82, 2.24) is 9.78 Å². The Balaban J connectivity index is 1.66. The molecule has 1 aromatic carbocycles. The average molecular weight is 303 g/mol. The number of nitrogens with zero attached hydrogens (tertiary/aromatic N) is 2. The summed E-state index contributed by atoms with van der Waals surface area (Å²) in [5.41, 5.74) is 7.24. The summed E-state index contributed by atoms with van der Waals surface area (Å²) in [7, 11) is -1.07. The largest absolute Gasteiger partial charge is 0.399 e. The summed E-state index contributed by atoms with van der Waals surface area (Å²) in [5.74, 6) is 0.462. The lowest BCUT2D eigenvalue weighted by Crippen LogP contribution is -2.13. The highest BCUT2D eigenvalue weighted by molar-refractivity contribution is 7.84. The molecule has 1 aliphatic carbocycles. The third kappa shape index (κ3) is 3.53. The molecule has 0 spiro atoms. The molecule has 3 rings (SSSR count). The molecule has 21 heavy (non-hydrogen) atoms. The fourth-order valence-corrected chi connectivity index (χ4v) is 3.87. The quantitative estimate of drug-likeness (QED) is 0.882. The highest BCUT2D eigenvalue weighted by Gasteiger charge is 2.16. The minimum Gasteiger partial charge on any atom is -0.399 e. The smallest absolute Gasteiger partial charge is 0.0753 e. The highest BCUT2D eigenvalue weighted by atomic mass is 32.2. The van der Waals surface area contributed by atoms with Crippen molar-refractivity contribution in [2.75, 3.05) is 5.73 Å². The second-order valence-corrected chi connectivity index (χ2v) is 7.09. The maximum atomic E-state index is 12.3. The molecule has 1 saturated carbocycles. The van der Waals surface area contributed by atoms with Crippen molar-refractivity contribution in [2.24, 2.45) is 0 Å². The predicted octanol–water partition coefficient (Wildman–Crippen LogP) is 3.28. The van der Waals surface area contributed by atoms with Crippen molar-refractivity contribution in [3.05, 3.63) is 42.2 Å². The maximum Gasteiger partial charge on any atom is 0.0753 e. The second kappa shape index (κ2) is 6.43. The average Bonchev–Trinajstić information content (AvgIpc) is 2.97. The van der Waals surface area contributed by atoms with Gasteiger partial charge in [0.15, 0.2) is 0 Å². The van der Waals surface area contributed by atoms with E-state index in [1.54, 1.807) is 12.1 Å².